The molecule has 0 fully saturated rings. The molecule has 0 aliphatic heterocycles. The van der Waals surface area contributed by atoms with Crippen LogP contribution in [0.1, 0.15) is 11.4 Å². The average Bonchev–Trinajstić information content (AvgIpc) is 2.79. The highest BCUT2D eigenvalue weighted by molar-refractivity contribution is 9.10. The van der Waals surface area contributed by atoms with Crippen LogP contribution in [-0.4, -0.2) is 15.4 Å². The maximum absolute atomic E-state index is 13.4. The molecule has 0 N–H and O–H groups in total. The summed E-state index contributed by atoms with van der Waals surface area (Å²) in [5.41, 5.74) is 3.67. The third-order valence-corrected chi connectivity index (χ3v) is 4.46. The number of fused-ring (bicyclic) bond motifs is 1. The first-order valence-corrected chi connectivity index (χ1v) is 7.92. The Morgan fingerprint density at radius 1 is 1.24 bits per heavy atom. The van der Waals surface area contributed by atoms with Crippen molar-refractivity contribution in [1.82, 2.24) is 9.55 Å². The van der Waals surface area contributed by atoms with Crippen molar-refractivity contribution in [3.05, 3.63) is 58.1 Å². The molecule has 21 heavy (non-hydrogen) atoms. The summed E-state index contributed by atoms with van der Waals surface area (Å²) in [7, 11) is 0. The van der Waals surface area contributed by atoms with E-state index in [1.165, 1.54) is 12.1 Å². The predicted octanol–water partition coefficient (Wildman–Crippen LogP) is 5.02. The van der Waals surface area contributed by atoms with Crippen LogP contribution in [0.4, 0.5) is 4.39 Å². The topological polar surface area (TPSA) is 17.8 Å². The lowest BCUT2D eigenvalue weighted by Gasteiger charge is -2.10. The highest BCUT2D eigenvalue weighted by atomic mass is 79.9. The molecular weight excluding hydrogens is 355 g/mol. The van der Waals surface area contributed by atoms with Gasteiger partial charge in [0.15, 0.2) is 0 Å². The van der Waals surface area contributed by atoms with Gasteiger partial charge in [0.2, 0.25) is 0 Å². The fourth-order valence-corrected chi connectivity index (χ4v) is 2.90. The van der Waals surface area contributed by atoms with E-state index in [1.807, 2.05) is 29.7 Å². The Balaban J connectivity index is 2.27. The summed E-state index contributed by atoms with van der Waals surface area (Å²) in [5, 5.41) is 0. The fourth-order valence-electron chi connectivity index (χ4n) is 2.36. The summed E-state index contributed by atoms with van der Waals surface area (Å²) in [6.45, 7) is 2.04. The van der Waals surface area contributed by atoms with Crippen LogP contribution in [-0.2, 0) is 6.42 Å². The number of benzene rings is 2. The Kier molecular flexibility index (Phi) is 4.00. The standard InChI is InChI=1S/C16H13BrClFN2/c1-10-2-4-12(9-13(10)17)21-15-5-3-11(19)8-14(15)20-16(21)6-7-18/h2-5,8-9H,6-7H2,1H3. The smallest absolute Gasteiger partial charge is 0.125 e. The third kappa shape index (κ3) is 2.70. The molecule has 2 aromatic carbocycles. The summed E-state index contributed by atoms with van der Waals surface area (Å²) in [6.07, 6.45) is 0.628. The Morgan fingerprint density at radius 3 is 2.76 bits per heavy atom. The molecule has 2 nitrogen and oxygen atoms in total. The molecule has 0 aliphatic carbocycles. The molecule has 108 valence electrons. The van der Waals surface area contributed by atoms with E-state index in [0.29, 0.717) is 17.8 Å². The number of hydrogen-bond acceptors (Lipinski definition) is 1. The first-order chi connectivity index (χ1) is 10.1. The van der Waals surface area contributed by atoms with Crippen LogP contribution >= 0.6 is 27.5 Å². The van der Waals surface area contributed by atoms with Gasteiger partial charge in [-0.05, 0) is 36.8 Å². The van der Waals surface area contributed by atoms with Crippen molar-refractivity contribution in [2.45, 2.75) is 13.3 Å². The molecule has 0 atom stereocenters. The summed E-state index contributed by atoms with van der Waals surface area (Å²) in [5.74, 6) is 1.02. The second kappa shape index (κ2) is 5.78. The first-order valence-electron chi connectivity index (χ1n) is 6.59. The van der Waals surface area contributed by atoms with E-state index in [-0.39, 0.29) is 5.82 Å². The molecule has 0 saturated heterocycles. The van der Waals surface area contributed by atoms with E-state index < -0.39 is 0 Å². The summed E-state index contributed by atoms with van der Waals surface area (Å²) >= 11 is 9.43. The molecule has 3 rings (SSSR count). The van der Waals surface area contributed by atoms with Gasteiger partial charge in [0.25, 0.3) is 0 Å². The highest BCUT2D eigenvalue weighted by Crippen LogP contribution is 2.26. The third-order valence-electron chi connectivity index (χ3n) is 3.42. The van der Waals surface area contributed by atoms with E-state index in [1.54, 1.807) is 6.07 Å². The molecule has 0 aliphatic rings. The van der Waals surface area contributed by atoms with Gasteiger partial charge in [-0.2, -0.15) is 0 Å². The molecule has 0 radical (unpaired) electrons. The number of rotatable bonds is 3. The van der Waals surface area contributed by atoms with Gasteiger partial charge in [0, 0.05) is 28.5 Å². The Labute approximate surface area is 135 Å². The molecule has 1 heterocycles. The fraction of sp³-hybridized carbons (Fsp3) is 0.188. The van der Waals surface area contributed by atoms with Crippen LogP contribution in [0, 0.1) is 12.7 Å². The van der Waals surface area contributed by atoms with Gasteiger partial charge in [-0.3, -0.25) is 4.57 Å². The molecule has 0 spiro atoms. The van der Waals surface area contributed by atoms with Gasteiger partial charge >= 0.3 is 0 Å². The van der Waals surface area contributed by atoms with Crippen LogP contribution in [0.2, 0.25) is 0 Å². The number of aromatic nitrogens is 2. The number of imidazole rings is 1. The lowest BCUT2D eigenvalue weighted by molar-refractivity contribution is 0.629. The SMILES string of the molecule is Cc1ccc(-n2c(CCCl)nc3cc(F)ccc32)cc1Br. The van der Waals surface area contributed by atoms with Gasteiger partial charge in [0.1, 0.15) is 11.6 Å². The van der Waals surface area contributed by atoms with Crippen LogP contribution in [0.5, 0.6) is 0 Å². The Bertz CT molecular complexity index is 813. The largest absolute Gasteiger partial charge is 0.296 e. The van der Waals surface area contributed by atoms with Gasteiger partial charge in [-0.1, -0.05) is 22.0 Å². The van der Waals surface area contributed by atoms with Gasteiger partial charge < -0.3 is 0 Å². The number of alkyl halides is 1. The molecule has 1 aromatic heterocycles. The molecule has 0 saturated carbocycles. The van der Waals surface area contributed by atoms with Crippen LogP contribution < -0.4 is 0 Å². The zero-order valence-electron chi connectivity index (χ0n) is 11.4. The van der Waals surface area contributed by atoms with E-state index in [9.17, 15) is 4.39 Å². The molecule has 0 unspecified atom stereocenters. The molecule has 0 amide bonds. The predicted molar refractivity (Wildman–Crippen MR) is 87.9 cm³/mol. The Morgan fingerprint density at radius 2 is 2.05 bits per heavy atom. The second-order valence-electron chi connectivity index (χ2n) is 4.87. The Hall–Kier alpha value is -1.39. The van der Waals surface area contributed by atoms with E-state index >= 15 is 0 Å². The lowest BCUT2D eigenvalue weighted by Crippen LogP contribution is -2.02. The van der Waals surface area contributed by atoms with Crippen molar-refractivity contribution in [2.24, 2.45) is 0 Å². The molecule has 5 heteroatoms. The normalized spacial score (nSPS) is 11.2. The van der Waals surface area contributed by atoms with Gasteiger partial charge in [0.05, 0.1) is 11.0 Å². The minimum Gasteiger partial charge on any atom is -0.296 e. The second-order valence-corrected chi connectivity index (χ2v) is 6.10. The van der Waals surface area contributed by atoms with Crippen molar-refractivity contribution in [3.63, 3.8) is 0 Å². The average molecular weight is 368 g/mol. The maximum atomic E-state index is 13.4. The van der Waals surface area contributed by atoms with Crippen LogP contribution in [0.25, 0.3) is 16.7 Å². The number of hydrogen-bond donors (Lipinski definition) is 0. The van der Waals surface area contributed by atoms with E-state index in [2.05, 4.69) is 20.9 Å². The molecule has 3 aromatic rings. The summed E-state index contributed by atoms with van der Waals surface area (Å²) in [6, 6.07) is 10.8. The van der Waals surface area contributed by atoms with Gasteiger partial charge in [-0.25, -0.2) is 9.37 Å². The molecule has 0 bridgehead atoms. The summed E-state index contributed by atoms with van der Waals surface area (Å²) < 4.78 is 16.5. The minimum atomic E-state index is -0.283. The lowest BCUT2D eigenvalue weighted by atomic mass is 10.2. The van der Waals surface area contributed by atoms with E-state index in [4.69, 9.17) is 11.6 Å². The maximum Gasteiger partial charge on any atom is 0.125 e. The van der Waals surface area contributed by atoms with Crippen molar-refractivity contribution in [1.29, 1.82) is 0 Å². The highest BCUT2D eigenvalue weighted by Gasteiger charge is 2.13. The van der Waals surface area contributed by atoms with Crippen molar-refractivity contribution in [3.8, 4) is 5.69 Å². The number of halogens is 3. The summed E-state index contributed by atoms with van der Waals surface area (Å²) in [4.78, 5) is 4.51. The zero-order chi connectivity index (χ0) is 15.0. The van der Waals surface area contributed by atoms with Crippen molar-refractivity contribution in [2.75, 3.05) is 5.88 Å². The van der Waals surface area contributed by atoms with Crippen molar-refractivity contribution < 1.29 is 4.39 Å². The minimum absolute atomic E-state index is 0.283. The molecular formula is C16H13BrClFN2. The number of aryl methyl sites for hydroxylation is 2. The first kappa shape index (κ1) is 14.5. The monoisotopic (exact) mass is 366 g/mol. The zero-order valence-corrected chi connectivity index (χ0v) is 13.7. The van der Waals surface area contributed by atoms with Crippen LogP contribution in [0.15, 0.2) is 40.9 Å². The van der Waals surface area contributed by atoms with E-state index in [0.717, 1.165) is 27.1 Å². The van der Waals surface area contributed by atoms with Crippen molar-refractivity contribution >= 4 is 38.6 Å². The quantitative estimate of drug-likeness (QED) is 0.595. The van der Waals surface area contributed by atoms with Gasteiger partial charge in [-0.15, -0.1) is 11.6 Å². The number of nitrogens with zero attached hydrogens (tertiary/aromatic N) is 2. The van der Waals surface area contributed by atoms with Crippen LogP contribution in [0.3, 0.4) is 0 Å².